The Bertz CT molecular complexity index is 64.0. The van der Waals surface area contributed by atoms with Crippen LogP contribution >= 0.6 is 0 Å². The monoisotopic (exact) mass is 263 g/mol. The van der Waals surface area contributed by atoms with Crippen LogP contribution in [-0.4, -0.2) is 20.6 Å². The van der Waals surface area contributed by atoms with Crippen LogP contribution in [0.4, 0.5) is 0 Å². The Morgan fingerprint density at radius 1 is 1.50 bits per heavy atom. The van der Waals surface area contributed by atoms with Crippen LogP contribution in [0, 0.1) is 0 Å². The number of H-pyrrole nitrogens is 1. The van der Waals surface area contributed by atoms with Crippen LogP contribution in [0.1, 0.15) is 0 Å². The molecule has 4 nitrogen and oxygen atoms in total. The molecule has 1 heterocycles. The molecule has 0 aliphatic carbocycles. The molecule has 0 saturated carbocycles. The zero-order valence-electron chi connectivity index (χ0n) is 2.75. The summed E-state index contributed by atoms with van der Waals surface area (Å²) in [6.45, 7) is 0. The minimum Gasteiger partial charge on any atom is -0.246 e. The molecule has 0 amide bonds. The van der Waals surface area contributed by atoms with Crippen LogP contribution in [0.3, 0.4) is 0 Å². The molecule has 0 atom stereocenters. The quantitative estimate of drug-likeness (QED) is 0.666. The molecule has 1 radical (unpaired) electrons. The molecule has 6 heavy (non-hydrogen) atoms. The summed E-state index contributed by atoms with van der Waals surface area (Å²) < 4.78 is 0. The van der Waals surface area contributed by atoms with Crippen molar-refractivity contribution in [1.29, 1.82) is 0 Å². The maximum atomic E-state index is 3.31. The van der Waals surface area contributed by atoms with E-state index in [9.17, 15) is 0 Å². The minimum atomic E-state index is 0. The predicted molar refractivity (Wildman–Crippen MR) is 14.2 cm³/mol. The topological polar surface area (TPSA) is 54.5 Å². The molecule has 0 spiro atoms. The van der Waals surface area contributed by atoms with Gasteiger partial charge in [-0.15, -0.1) is 5.10 Å². The molecule has 0 bridgehead atoms. The van der Waals surface area contributed by atoms with E-state index in [0.717, 1.165) is 0 Å². The van der Waals surface area contributed by atoms with E-state index >= 15 is 0 Å². The molecule has 1 rings (SSSR count). The molecular formula is CH2IrN4. The summed E-state index contributed by atoms with van der Waals surface area (Å²) >= 11 is 0. The number of nitrogens with one attached hydrogen (secondary N) is 1. The largest absolute Gasteiger partial charge is 0.246 e. The molecule has 5 heteroatoms. The molecule has 0 aliphatic rings. The van der Waals surface area contributed by atoms with Gasteiger partial charge in [-0.1, -0.05) is 0 Å². The van der Waals surface area contributed by atoms with Gasteiger partial charge in [-0.25, -0.2) is 5.10 Å². The van der Waals surface area contributed by atoms with Crippen molar-refractivity contribution in [2.45, 2.75) is 0 Å². The van der Waals surface area contributed by atoms with Gasteiger partial charge >= 0.3 is 0 Å². The van der Waals surface area contributed by atoms with E-state index in [4.69, 9.17) is 0 Å². The standard InChI is InChI=1S/CH2N4.Ir/c1-2-4-5-3-1;/h1H,(H,2,3,4,5);. The molecule has 0 aliphatic heterocycles. The van der Waals surface area contributed by atoms with Crippen molar-refractivity contribution in [2.75, 3.05) is 0 Å². The second-order valence-corrected chi connectivity index (χ2v) is 0.563. The van der Waals surface area contributed by atoms with E-state index in [2.05, 4.69) is 20.6 Å². The van der Waals surface area contributed by atoms with Gasteiger partial charge in [-0.2, -0.15) is 0 Å². The summed E-state index contributed by atoms with van der Waals surface area (Å²) in [7, 11) is 0. The van der Waals surface area contributed by atoms with E-state index in [0.29, 0.717) is 0 Å². The first-order valence-corrected chi connectivity index (χ1v) is 1.17. The van der Waals surface area contributed by atoms with E-state index in [1.165, 1.54) is 6.33 Å². The Labute approximate surface area is 47.7 Å². The fourth-order valence-corrected chi connectivity index (χ4v) is 0.129. The predicted octanol–water partition coefficient (Wildman–Crippen LogP) is -0.803. The number of aromatic nitrogens is 4. The van der Waals surface area contributed by atoms with Crippen molar-refractivity contribution in [3.05, 3.63) is 6.33 Å². The molecule has 0 aromatic carbocycles. The zero-order valence-corrected chi connectivity index (χ0v) is 5.15. The molecule has 0 unspecified atom stereocenters. The van der Waals surface area contributed by atoms with Crippen LogP contribution < -0.4 is 0 Å². The van der Waals surface area contributed by atoms with E-state index < -0.39 is 0 Å². The van der Waals surface area contributed by atoms with Crippen LogP contribution in [0.15, 0.2) is 6.33 Å². The first-order chi connectivity index (χ1) is 2.50. The third-order valence-electron chi connectivity index (χ3n) is 0.270. The number of rotatable bonds is 0. The maximum Gasteiger partial charge on any atom is 0.135 e. The molecule has 1 aromatic heterocycles. The molecule has 1 N–H and O–H groups in total. The van der Waals surface area contributed by atoms with E-state index in [1.54, 1.807) is 0 Å². The fraction of sp³-hybridized carbons (Fsp3) is 0. The second-order valence-electron chi connectivity index (χ2n) is 0.563. The zero-order chi connectivity index (χ0) is 3.54. The SMILES string of the molecule is [Ir].c1nnn[nH]1. The smallest absolute Gasteiger partial charge is 0.135 e. The Kier molecular flexibility index (Phi) is 2.79. The van der Waals surface area contributed by atoms with Crippen molar-refractivity contribution in [2.24, 2.45) is 0 Å². The van der Waals surface area contributed by atoms with Crippen molar-refractivity contribution < 1.29 is 20.1 Å². The van der Waals surface area contributed by atoms with Gasteiger partial charge in [0.15, 0.2) is 0 Å². The first kappa shape index (κ1) is 5.72. The molecular weight excluding hydrogens is 260 g/mol. The Balaban J connectivity index is 0.000000250. The number of nitrogens with zero attached hydrogens (tertiary/aromatic N) is 3. The van der Waals surface area contributed by atoms with Crippen LogP contribution in [0.2, 0.25) is 0 Å². The third-order valence-corrected chi connectivity index (χ3v) is 0.270. The summed E-state index contributed by atoms with van der Waals surface area (Å²) in [5.74, 6) is 0. The van der Waals surface area contributed by atoms with Crippen molar-refractivity contribution in [1.82, 2.24) is 20.6 Å². The van der Waals surface area contributed by atoms with E-state index in [1.807, 2.05) is 0 Å². The summed E-state index contributed by atoms with van der Waals surface area (Å²) in [6.07, 6.45) is 1.40. The third kappa shape index (κ3) is 1.23. The van der Waals surface area contributed by atoms with Gasteiger partial charge in [0.25, 0.3) is 0 Å². The normalized spacial score (nSPS) is 6.67. The summed E-state index contributed by atoms with van der Waals surface area (Å²) in [4.78, 5) is 0. The molecule has 0 fully saturated rings. The molecule has 35 valence electrons. The fourth-order valence-electron chi connectivity index (χ4n) is 0.129. The van der Waals surface area contributed by atoms with Gasteiger partial charge in [0, 0.05) is 20.1 Å². The van der Waals surface area contributed by atoms with Gasteiger partial charge < -0.3 is 0 Å². The van der Waals surface area contributed by atoms with Crippen LogP contribution in [0.25, 0.3) is 0 Å². The Hall–Kier alpha value is -0.281. The Morgan fingerprint density at radius 2 is 2.33 bits per heavy atom. The number of hydrogen-bond donors (Lipinski definition) is 1. The second kappa shape index (κ2) is 2.93. The summed E-state index contributed by atoms with van der Waals surface area (Å²) in [6, 6.07) is 0. The Morgan fingerprint density at radius 3 is 2.50 bits per heavy atom. The summed E-state index contributed by atoms with van der Waals surface area (Å²) in [5, 5.41) is 12.1. The molecule has 0 saturated heterocycles. The van der Waals surface area contributed by atoms with Crippen LogP contribution in [-0.2, 0) is 20.1 Å². The van der Waals surface area contributed by atoms with Crippen molar-refractivity contribution in [3.8, 4) is 0 Å². The summed E-state index contributed by atoms with van der Waals surface area (Å²) in [5.41, 5.74) is 0. The van der Waals surface area contributed by atoms with Crippen molar-refractivity contribution >= 4 is 0 Å². The van der Waals surface area contributed by atoms with Gasteiger partial charge in [-0.3, -0.25) is 0 Å². The van der Waals surface area contributed by atoms with Gasteiger partial charge in [0.1, 0.15) is 6.33 Å². The van der Waals surface area contributed by atoms with Gasteiger partial charge in [0.05, 0.1) is 0 Å². The van der Waals surface area contributed by atoms with Gasteiger partial charge in [-0.05, 0) is 10.4 Å². The number of tetrazole rings is 1. The van der Waals surface area contributed by atoms with Gasteiger partial charge in [0.2, 0.25) is 0 Å². The minimum absolute atomic E-state index is 0. The average Bonchev–Trinajstić information content (AvgIpc) is 1.76. The number of hydrogen-bond acceptors (Lipinski definition) is 3. The van der Waals surface area contributed by atoms with E-state index in [-0.39, 0.29) is 20.1 Å². The van der Waals surface area contributed by atoms with Crippen LogP contribution in [0.5, 0.6) is 0 Å². The maximum absolute atomic E-state index is 3.31. The van der Waals surface area contributed by atoms with Crippen molar-refractivity contribution in [3.63, 3.8) is 0 Å². The first-order valence-electron chi connectivity index (χ1n) is 1.17. The number of aromatic amines is 1. The average molecular weight is 262 g/mol. The molecule has 1 aromatic rings.